The molecule has 28 heavy (non-hydrogen) atoms. The lowest BCUT2D eigenvalue weighted by molar-refractivity contribution is 0.0950. The standard InChI is InChI=1S/C24H20N2O2/c1-17-10-11-21-22(14-17)25-13-12-23(21)28-20-9-5-8-19(15-20)24(27)26-16-18-6-3-2-4-7-18/h2-15H,16H2,1H3,(H,26,27). The number of hydrogen-bond donors (Lipinski definition) is 1. The first-order valence-corrected chi connectivity index (χ1v) is 9.14. The number of benzene rings is 3. The van der Waals surface area contributed by atoms with E-state index in [2.05, 4.69) is 10.3 Å². The minimum Gasteiger partial charge on any atom is -0.457 e. The van der Waals surface area contributed by atoms with Crippen LogP contribution >= 0.6 is 0 Å². The Balaban J connectivity index is 1.52. The molecule has 138 valence electrons. The van der Waals surface area contributed by atoms with Gasteiger partial charge in [-0.3, -0.25) is 9.78 Å². The van der Waals surface area contributed by atoms with Gasteiger partial charge in [0.1, 0.15) is 11.5 Å². The molecule has 4 heteroatoms. The quantitative estimate of drug-likeness (QED) is 0.522. The highest BCUT2D eigenvalue weighted by Crippen LogP contribution is 2.29. The molecule has 3 aromatic carbocycles. The van der Waals surface area contributed by atoms with Crippen LogP contribution in [0.5, 0.6) is 11.5 Å². The number of amides is 1. The highest BCUT2D eigenvalue weighted by Gasteiger charge is 2.09. The van der Waals surface area contributed by atoms with Gasteiger partial charge in [0, 0.05) is 23.7 Å². The van der Waals surface area contributed by atoms with E-state index in [9.17, 15) is 4.79 Å². The predicted octanol–water partition coefficient (Wildman–Crippen LogP) is 5.27. The van der Waals surface area contributed by atoms with Crippen molar-refractivity contribution in [3.05, 3.63) is 102 Å². The number of aryl methyl sites for hydroxylation is 1. The Morgan fingerprint density at radius 2 is 1.82 bits per heavy atom. The summed E-state index contributed by atoms with van der Waals surface area (Å²) in [6.45, 7) is 2.52. The minimum absolute atomic E-state index is 0.135. The summed E-state index contributed by atoms with van der Waals surface area (Å²) in [7, 11) is 0. The molecule has 0 aliphatic heterocycles. The van der Waals surface area contributed by atoms with Crippen LogP contribution in [0, 0.1) is 6.92 Å². The summed E-state index contributed by atoms with van der Waals surface area (Å²) < 4.78 is 6.07. The third-order valence-electron chi connectivity index (χ3n) is 4.48. The second kappa shape index (κ2) is 7.92. The third kappa shape index (κ3) is 4.01. The number of aromatic nitrogens is 1. The van der Waals surface area contributed by atoms with Crippen molar-refractivity contribution in [3.8, 4) is 11.5 Å². The maximum absolute atomic E-state index is 12.5. The van der Waals surface area contributed by atoms with E-state index in [1.165, 1.54) is 0 Å². The van der Waals surface area contributed by atoms with Gasteiger partial charge in [-0.05, 0) is 54.4 Å². The molecule has 0 aliphatic carbocycles. The van der Waals surface area contributed by atoms with Gasteiger partial charge in [0.15, 0.2) is 0 Å². The predicted molar refractivity (Wildman–Crippen MR) is 111 cm³/mol. The topological polar surface area (TPSA) is 51.2 Å². The number of fused-ring (bicyclic) bond motifs is 1. The van der Waals surface area contributed by atoms with Gasteiger partial charge in [0.25, 0.3) is 5.91 Å². The molecule has 0 spiro atoms. The van der Waals surface area contributed by atoms with Crippen molar-refractivity contribution >= 4 is 16.8 Å². The molecule has 1 aromatic heterocycles. The number of carbonyl (C=O) groups excluding carboxylic acids is 1. The van der Waals surface area contributed by atoms with Crippen LogP contribution < -0.4 is 10.1 Å². The molecule has 0 saturated carbocycles. The molecular weight excluding hydrogens is 348 g/mol. The first-order chi connectivity index (χ1) is 13.7. The van der Waals surface area contributed by atoms with E-state index < -0.39 is 0 Å². The normalized spacial score (nSPS) is 10.6. The van der Waals surface area contributed by atoms with E-state index in [0.29, 0.717) is 23.6 Å². The largest absolute Gasteiger partial charge is 0.457 e. The summed E-state index contributed by atoms with van der Waals surface area (Å²) in [5.41, 5.74) is 3.65. The van der Waals surface area contributed by atoms with E-state index in [0.717, 1.165) is 22.0 Å². The first kappa shape index (κ1) is 17.7. The van der Waals surface area contributed by atoms with Crippen molar-refractivity contribution in [2.24, 2.45) is 0 Å². The molecule has 4 aromatic rings. The zero-order valence-corrected chi connectivity index (χ0v) is 15.6. The Kier molecular flexibility index (Phi) is 5.02. The average Bonchev–Trinajstić information content (AvgIpc) is 2.73. The van der Waals surface area contributed by atoms with Crippen molar-refractivity contribution in [1.29, 1.82) is 0 Å². The van der Waals surface area contributed by atoms with Crippen LogP contribution in [0.4, 0.5) is 0 Å². The lowest BCUT2D eigenvalue weighted by Gasteiger charge is -2.11. The van der Waals surface area contributed by atoms with Gasteiger partial charge in [-0.15, -0.1) is 0 Å². The summed E-state index contributed by atoms with van der Waals surface area (Å²) in [6.07, 6.45) is 1.73. The molecule has 0 saturated heterocycles. The molecule has 0 atom stereocenters. The van der Waals surface area contributed by atoms with Crippen LogP contribution in [0.3, 0.4) is 0 Å². The second-order valence-corrected chi connectivity index (χ2v) is 6.63. The lowest BCUT2D eigenvalue weighted by atomic mass is 10.1. The van der Waals surface area contributed by atoms with Crippen LogP contribution in [-0.4, -0.2) is 10.9 Å². The molecule has 0 bridgehead atoms. The number of carbonyl (C=O) groups is 1. The molecule has 1 amide bonds. The van der Waals surface area contributed by atoms with E-state index >= 15 is 0 Å². The average molecular weight is 368 g/mol. The fourth-order valence-corrected chi connectivity index (χ4v) is 3.03. The molecule has 4 nitrogen and oxygen atoms in total. The molecular formula is C24H20N2O2. The number of nitrogens with one attached hydrogen (secondary N) is 1. The summed E-state index contributed by atoms with van der Waals surface area (Å²) in [5.74, 6) is 1.19. The summed E-state index contributed by atoms with van der Waals surface area (Å²) in [5, 5.41) is 3.87. The van der Waals surface area contributed by atoms with Crippen LogP contribution in [0.1, 0.15) is 21.5 Å². The number of ether oxygens (including phenoxy) is 1. The maximum Gasteiger partial charge on any atom is 0.251 e. The van der Waals surface area contributed by atoms with E-state index in [1.54, 1.807) is 18.3 Å². The molecule has 0 fully saturated rings. The summed E-state index contributed by atoms with van der Waals surface area (Å²) in [4.78, 5) is 16.9. The van der Waals surface area contributed by atoms with Crippen molar-refractivity contribution in [3.63, 3.8) is 0 Å². The molecule has 0 radical (unpaired) electrons. The lowest BCUT2D eigenvalue weighted by Crippen LogP contribution is -2.22. The zero-order valence-electron chi connectivity index (χ0n) is 15.6. The van der Waals surface area contributed by atoms with Gasteiger partial charge < -0.3 is 10.1 Å². The molecule has 1 heterocycles. The Morgan fingerprint density at radius 1 is 0.964 bits per heavy atom. The zero-order chi connectivity index (χ0) is 19.3. The van der Waals surface area contributed by atoms with Crippen molar-refractivity contribution in [1.82, 2.24) is 10.3 Å². The maximum atomic E-state index is 12.5. The van der Waals surface area contributed by atoms with E-state index in [1.807, 2.05) is 73.7 Å². The number of pyridine rings is 1. The number of rotatable bonds is 5. The van der Waals surface area contributed by atoms with Crippen LogP contribution in [-0.2, 0) is 6.54 Å². The van der Waals surface area contributed by atoms with Gasteiger partial charge in [-0.1, -0.05) is 42.5 Å². The number of hydrogen-bond acceptors (Lipinski definition) is 3. The van der Waals surface area contributed by atoms with Crippen molar-refractivity contribution in [2.45, 2.75) is 13.5 Å². The summed E-state index contributed by atoms with van der Waals surface area (Å²) in [6, 6.07) is 24.9. The van der Waals surface area contributed by atoms with Crippen molar-refractivity contribution in [2.75, 3.05) is 0 Å². The highest BCUT2D eigenvalue weighted by molar-refractivity contribution is 5.94. The van der Waals surface area contributed by atoms with Gasteiger partial charge in [-0.2, -0.15) is 0 Å². The third-order valence-corrected chi connectivity index (χ3v) is 4.48. The van der Waals surface area contributed by atoms with Crippen molar-refractivity contribution < 1.29 is 9.53 Å². The van der Waals surface area contributed by atoms with Crippen LogP contribution in [0.2, 0.25) is 0 Å². The monoisotopic (exact) mass is 368 g/mol. The molecule has 1 N–H and O–H groups in total. The molecule has 0 aliphatic rings. The second-order valence-electron chi connectivity index (χ2n) is 6.63. The van der Waals surface area contributed by atoms with Crippen LogP contribution in [0.15, 0.2) is 85.1 Å². The van der Waals surface area contributed by atoms with Gasteiger partial charge >= 0.3 is 0 Å². The first-order valence-electron chi connectivity index (χ1n) is 9.14. The number of nitrogens with zero attached hydrogens (tertiary/aromatic N) is 1. The Bertz CT molecular complexity index is 1120. The van der Waals surface area contributed by atoms with Gasteiger partial charge in [0.05, 0.1) is 5.52 Å². The Hall–Kier alpha value is -3.66. The summed E-state index contributed by atoms with van der Waals surface area (Å²) >= 11 is 0. The minimum atomic E-state index is -0.135. The molecule has 4 rings (SSSR count). The smallest absolute Gasteiger partial charge is 0.251 e. The van der Waals surface area contributed by atoms with Gasteiger partial charge in [-0.25, -0.2) is 0 Å². The fourth-order valence-electron chi connectivity index (χ4n) is 3.03. The fraction of sp³-hybridized carbons (Fsp3) is 0.0833. The SMILES string of the molecule is Cc1ccc2c(Oc3cccc(C(=O)NCc4ccccc4)c3)ccnc2c1. The molecule has 0 unspecified atom stereocenters. The van der Waals surface area contributed by atoms with Gasteiger partial charge in [0.2, 0.25) is 0 Å². The van der Waals surface area contributed by atoms with E-state index in [-0.39, 0.29) is 5.91 Å². The Morgan fingerprint density at radius 3 is 2.68 bits per heavy atom. The van der Waals surface area contributed by atoms with E-state index in [4.69, 9.17) is 4.74 Å². The Labute approximate surface area is 163 Å². The highest BCUT2D eigenvalue weighted by atomic mass is 16.5. The van der Waals surface area contributed by atoms with Crippen LogP contribution in [0.25, 0.3) is 10.9 Å².